The van der Waals surface area contributed by atoms with Crippen LogP contribution < -0.4 is 10.6 Å². The monoisotopic (exact) mass is 377 g/mol. The predicted molar refractivity (Wildman–Crippen MR) is 89.3 cm³/mol. The van der Waals surface area contributed by atoms with Crippen LogP contribution in [0.1, 0.15) is 11.3 Å². The smallest absolute Gasteiger partial charge is 0.287 e. The second-order valence-electron chi connectivity index (χ2n) is 5.70. The summed E-state index contributed by atoms with van der Waals surface area (Å²) in [7, 11) is 0. The number of hydrogen-bond acceptors (Lipinski definition) is 3. The number of fused-ring (bicyclic) bond motifs is 3. The summed E-state index contributed by atoms with van der Waals surface area (Å²) in [6.07, 6.45) is 0.703. The van der Waals surface area contributed by atoms with E-state index in [-0.39, 0.29) is 22.4 Å². The molecule has 5 nitrogen and oxygen atoms in total. The maximum absolute atomic E-state index is 13.4. The number of benzene rings is 1. The van der Waals surface area contributed by atoms with E-state index in [9.17, 15) is 13.6 Å². The summed E-state index contributed by atoms with van der Waals surface area (Å²) in [6, 6.07) is 1.45. The summed E-state index contributed by atoms with van der Waals surface area (Å²) in [5.41, 5.74) is 2.40. The summed E-state index contributed by atoms with van der Waals surface area (Å²) in [6.45, 7) is -1.55. The molecule has 9 heteroatoms. The fourth-order valence-electron chi connectivity index (χ4n) is 2.81. The zero-order valence-electron chi connectivity index (χ0n) is 12.5. The van der Waals surface area contributed by atoms with Crippen molar-refractivity contribution >= 4 is 45.7 Å². The first-order valence-corrected chi connectivity index (χ1v) is 8.08. The number of aliphatic hydroxyl groups excluding tert-OH is 1. The molecule has 0 unspecified atom stereocenters. The van der Waals surface area contributed by atoms with Crippen LogP contribution >= 0.6 is 23.2 Å². The third kappa shape index (κ3) is 3.16. The van der Waals surface area contributed by atoms with Gasteiger partial charge < -0.3 is 20.7 Å². The highest BCUT2D eigenvalue weighted by Gasteiger charge is 2.29. The molecule has 1 aliphatic rings. The van der Waals surface area contributed by atoms with Gasteiger partial charge in [0.2, 0.25) is 5.91 Å². The van der Waals surface area contributed by atoms with Crippen LogP contribution in [0.5, 0.6) is 0 Å². The van der Waals surface area contributed by atoms with Crippen molar-refractivity contribution in [1.29, 1.82) is 0 Å². The molecule has 2 heterocycles. The van der Waals surface area contributed by atoms with Gasteiger partial charge in [0, 0.05) is 29.7 Å². The lowest BCUT2D eigenvalue weighted by atomic mass is 10.0. The van der Waals surface area contributed by atoms with Crippen LogP contribution in [-0.2, 0) is 17.6 Å². The number of aliphatic hydroxyl groups is 1. The van der Waals surface area contributed by atoms with E-state index in [0.717, 1.165) is 5.69 Å². The molecule has 4 N–H and O–H groups in total. The first-order valence-electron chi connectivity index (χ1n) is 7.33. The molecule has 3 rings (SSSR count). The van der Waals surface area contributed by atoms with Crippen LogP contribution in [0.3, 0.4) is 0 Å². The van der Waals surface area contributed by atoms with Crippen molar-refractivity contribution in [3.63, 3.8) is 0 Å². The number of rotatable bonds is 4. The number of alkyl halides is 2. The zero-order valence-corrected chi connectivity index (χ0v) is 14.0. The van der Waals surface area contributed by atoms with Gasteiger partial charge in [0.1, 0.15) is 6.61 Å². The lowest BCUT2D eigenvalue weighted by molar-refractivity contribution is -0.120. The molecule has 1 aromatic heterocycles. The van der Waals surface area contributed by atoms with Crippen LogP contribution in [0.25, 0.3) is 10.9 Å². The Labute approximate surface area is 146 Å². The van der Waals surface area contributed by atoms with E-state index >= 15 is 0 Å². The molecule has 0 fully saturated rings. The van der Waals surface area contributed by atoms with E-state index in [1.165, 1.54) is 6.07 Å². The molecule has 24 heavy (non-hydrogen) atoms. The minimum Gasteiger partial charge on any atom is -0.390 e. The van der Waals surface area contributed by atoms with E-state index in [0.29, 0.717) is 35.1 Å². The number of carbonyl (C=O) groups is 1. The SMILES string of the molecule is O=C1Cc2c([nH]c3c(Cl)c(Cl)cc(NCC(F)(F)CO)c23)CCN1. The highest BCUT2D eigenvalue weighted by Crippen LogP contribution is 2.40. The van der Waals surface area contributed by atoms with Gasteiger partial charge in [0.25, 0.3) is 5.92 Å². The van der Waals surface area contributed by atoms with E-state index in [1.54, 1.807) is 0 Å². The molecule has 0 spiro atoms. The lowest BCUT2D eigenvalue weighted by Gasteiger charge is -2.17. The van der Waals surface area contributed by atoms with E-state index in [1.807, 2.05) is 0 Å². The molecular weight excluding hydrogens is 363 g/mol. The number of nitrogens with one attached hydrogen (secondary N) is 3. The molecule has 1 aromatic carbocycles. The maximum atomic E-state index is 13.4. The van der Waals surface area contributed by atoms with Crippen molar-refractivity contribution in [3.8, 4) is 0 Å². The Bertz CT molecular complexity index is 808. The molecule has 0 aliphatic carbocycles. The Hall–Kier alpha value is -1.57. The normalized spacial score (nSPS) is 15.1. The number of amides is 1. The van der Waals surface area contributed by atoms with Gasteiger partial charge in [-0.15, -0.1) is 0 Å². The van der Waals surface area contributed by atoms with Crippen LogP contribution in [0, 0.1) is 0 Å². The van der Waals surface area contributed by atoms with Crippen molar-refractivity contribution in [3.05, 3.63) is 27.4 Å². The fourth-order valence-corrected chi connectivity index (χ4v) is 3.21. The van der Waals surface area contributed by atoms with Crippen LogP contribution in [0.4, 0.5) is 14.5 Å². The third-order valence-electron chi connectivity index (χ3n) is 3.96. The largest absolute Gasteiger partial charge is 0.390 e. The first kappa shape index (κ1) is 17.3. The van der Waals surface area contributed by atoms with Crippen LogP contribution in [0.15, 0.2) is 6.07 Å². The van der Waals surface area contributed by atoms with Gasteiger partial charge in [-0.1, -0.05) is 23.2 Å². The Morgan fingerprint density at radius 2 is 2.12 bits per heavy atom. The second kappa shape index (κ2) is 6.38. The van der Waals surface area contributed by atoms with Gasteiger partial charge in [-0.3, -0.25) is 4.79 Å². The van der Waals surface area contributed by atoms with Gasteiger partial charge in [-0.05, 0) is 11.6 Å². The molecule has 1 aliphatic heterocycles. The van der Waals surface area contributed by atoms with Crippen molar-refractivity contribution in [2.75, 3.05) is 25.0 Å². The van der Waals surface area contributed by atoms with Crippen molar-refractivity contribution in [2.24, 2.45) is 0 Å². The Morgan fingerprint density at radius 3 is 2.83 bits per heavy atom. The summed E-state index contributed by atoms with van der Waals surface area (Å²) in [4.78, 5) is 15.0. The highest BCUT2D eigenvalue weighted by atomic mass is 35.5. The molecule has 0 atom stereocenters. The number of halogens is 4. The first-order chi connectivity index (χ1) is 11.3. The number of anilines is 1. The van der Waals surface area contributed by atoms with Gasteiger partial charge in [0.15, 0.2) is 0 Å². The molecule has 130 valence electrons. The van der Waals surface area contributed by atoms with Crippen molar-refractivity contribution in [1.82, 2.24) is 10.3 Å². The molecule has 2 aromatic rings. The third-order valence-corrected chi connectivity index (χ3v) is 4.75. The zero-order chi connectivity index (χ0) is 17.5. The van der Waals surface area contributed by atoms with Gasteiger partial charge in [0.05, 0.1) is 28.5 Å². The molecule has 0 saturated carbocycles. The number of aromatic nitrogens is 1. The number of hydrogen-bond donors (Lipinski definition) is 4. The standard InChI is InChI=1S/C15H15Cl2F2N3O2/c16-8-4-10(21-5-15(18,19)6-23)12-7-3-11(24)20-2-1-9(7)22-14(12)13(8)17/h4,21-23H,1-3,5-6H2,(H,20,24). The minimum atomic E-state index is -3.27. The Kier molecular flexibility index (Phi) is 4.59. The summed E-state index contributed by atoms with van der Waals surface area (Å²) in [5.74, 6) is -3.42. The summed E-state index contributed by atoms with van der Waals surface area (Å²) < 4.78 is 26.7. The second-order valence-corrected chi connectivity index (χ2v) is 6.48. The van der Waals surface area contributed by atoms with Gasteiger partial charge in [-0.2, -0.15) is 0 Å². The topological polar surface area (TPSA) is 77.2 Å². The molecule has 0 radical (unpaired) electrons. The van der Waals surface area contributed by atoms with Crippen LogP contribution in [-0.4, -0.2) is 41.6 Å². The van der Waals surface area contributed by atoms with Crippen molar-refractivity contribution < 1.29 is 18.7 Å². The number of H-pyrrole nitrogens is 1. The minimum absolute atomic E-state index is 0.123. The Morgan fingerprint density at radius 1 is 1.38 bits per heavy atom. The average molecular weight is 378 g/mol. The van der Waals surface area contributed by atoms with Crippen LogP contribution in [0.2, 0.25) is 10.0 Å². The van der Waals surface area contributed by atoms with Gasteiger partial charge >= 0.3 is 0 Å². The average Bonchev–Trinajstić information content (AvgIpc) is 2.78. The summed E-state index contributed by atoms with van der Waals surface area (Å²) in [5, 5.41) is 15.1. The van der Waals surface area contributed by atoms with Gasteiger partial charge in [-0.25, -0.2) is 8.78 Å². The lowest BCUT2D eigenvalue weighted by Crippen LogP contribution is -2.31. The number of aromatic amines is 1. The Balaban J connectivity index is 2.12. The van der Waals surface area contributed by atoms with Crippen molar-refractivity contribution in [2.45, 2.75) is 18.8 Å². The number of carbonyl (C=O) groups excluding carboxylic acids is 1. The molecule has 0 saturated heterocycles. The quantitative estimate of drug-likeness (QED) is 0.661. The molecule has 0 bridgehead atoms. The van der Waals surface area contributed by atoms with E-state index in [2.05, 4.69) is 15.6 Å². The highest BCUT2D eigenvalue weighted by molar-refractivity contribution is 6.45. The summed E-state index contributed by atoms with van der Waals surface area (Å²) >= 11 is 12.3. The van der Waals surface area contributed by atoms with E-state index in [4.69, 9.17) is 28.3 Å². The van der Waals surface area contributed by atoms with E-state index < -0.39 is 19.1 Å². The molecule has 1 amide bonds. The predicted octanol–water partition coefficient (Wildman–Crippen LogP) is 2.73. The fraction of sp³-hybridized carbons (Fsp3) is 0.400. The maximum Gasteiger partial charge on any atom is 0.287 e. The molecular formula is C15H15Cl2F2N3O2.